The maximum absolute atomic E-state index is 11.2. The Labute approximate surface area is 160 Å². The van der Waals surface area contributed by atoms with Gasteiger partial charge in [0.2, 0.25) is 5.91 Å². The van der Waals surface area contributed by atoms with E-state index in [2.05, 4.69) is 33.7 Å². The van der Waals surface area contributed by atoms with Gasteiger partial charge in [-0.15, -0.1) is 0 Å². The minimum Gasteiger partial charge on any atom is -0.497 e. The van der Waals surface area contributed by atoms with E-state index in [1.54, 1.807) is 7.11 Å². The number of ether oxygens (including phenoxy) is 1. The van der Waals surface area contributed by atoms with Crippen LogP contribution in [0.15, 0.2) is 42.5 Å². The summed E-state index contributed by atoms with van der Waals surface area (Å²) in [5.41, 5.74) is 4.82. The molecule has 0 aliphatic carbocycles. The van der Waals surface area contributed by atoms with Crippen molar-refractivity contribution in [3.63, 3.8) is 0 Å². The molecule has 5 heteroatoms. The van der Waals surface area contributed by atoms with Gasteiger partial charge in [-0.1, -0.05) is 6.07 Å². The molecule has 5 nitrogen and oxygen atoms in total. The van der Waals surface area contributed by atoms with E-state index in [1.807, 2.05) is 24.3 Å². The van der Waals surface area contributed by atoms with Crippen LogP contribution in [0, 0.1) is 0 Å². The third-order valence-electron chi connectivity index (χ3n) is 5.67. The van der Waals surface area contributed by atoms with Crippen molar-refractivity contribution in [1.29, 1.82) is 0 Å². The number of nitrogens with zero attached hydrogens (tertiary/aromatic N) is 1. The molecule has 0 radical (unpaired) electrons. The lowest BCUT2D eigenvalue weighted by atomic mass is 9.85. The van der Waals surface area contributed by atoms with Crippen LogP contribution in [-0.2, 0) is 11.2 Å². The van der Waals surface area contributed by atoms with E-state index in [1.165, 1.54) is 18.1 Å². The number of anilines is 2. The van der Waals surface area contributed by atoms with Gasteiger partial charge in [-0.2, -0.15) is 0 Å². The molecule has 2 N–H and O–H groups in total. The first-order chi connectivity index (χ1) is 13.1. The monoisotopic (exact) mass is 365 g/mol. The highest BCUT2D eigenvalue weighted by Gasteiger charge is 2.33. The smallest absolute Gasteiger partial charge is 0.221 e. The van der Waals surface area contributed by atoms with Gasteiger partial charge in [0.1, 0.15) is 5.75 Å². The molecule has 1 amide bonds. The van der Waals surface area contributed by atoms with E-state index < -0.39 is 0 Å². The molecule has 0 bridgehead atoms. The number of hydrogen-bond acceptors (Lipinski definition) is 4. The zero-order valence-corrected chi connectivity index (χ0v) is 16.0. The Balaban J connectivity index is 1.45. The summed E-state index contributed by atoms with van der Waals surface area (Å²) in [6.45, 7) is 3.78. The second kappa shape index (κ2) is 7.61. The Morgan fingerprint density at radius 2 is 1.89 bits per heavy atom. The van der Waals surface area contributed by atoms with Crippen LogP contribution in [0.5, 0.6) is 5.75 Å². The zero-order chi connectivity index (χ0) is 18.8. The molecule has 0 saturated carbocycles. The summed E-state index contributed by atoms with van der Waals surface area (Å²) in [5, 5.41) is 6.49. The Kier molecular flexibility index (Phi) is 5.03. The van der Waals surface area contributed by atoms with Crippen LogP contribution in [0.25, 0.3) is 0 Å². The first-order valence-electron chi connectivity index (χ1n) is 9.67. The number of piperidine rings is 1. The molecule has 2 aromatic rings. The third kappa shape index (κ3) is 3.93. The average Bonchev–Trinajstić information content (AvgIpc) is 2.68. The van der Waals surface area contributed by atoms with Gasteiger partial charge in [0.25, 0.3) is 0 Å². The number of benzene rings is 2. The predicted molar refractivity (Wildman–Crippen MR) is 108 cm³/mol. The van der Waals surface area contributed by atoms with Crippen LogP contribution in [0.4, 0.5) is 11.4 Å². The van der Waals surface area contributed by atoms with Crippen molar-refractivity contribution >= 4 is 17.3 Å². The van der Waals surface area contributed by atoms with E-state index in [9.17, 15) is 4.79 Å². The number of fused-ring (bicyclic) bond motifs is 3. The molecule has 4 rings (SSSR count). The Hall–Kier alpha value is -2.53. The van der Waals surface area contributed by atoms with Crippen molar-refractivity contribution in [2.45, 2.75) is 38.3 Å². The first kappa shape index (κ1) is 17.9. The average molecular weight is 365 g/mol. The number of carbonyl (C=O) groups excluding carboxylic acids is 1. The van der Waals surface area contributed by atoms with Crippen LogP contribution in [0.2, 0.25) is 0 Å². The molecular formula is C22H27N3O2. The molecule has 2 aromatic carbocycles. The molecule has 0 spiro atoms. The minimum atomic E-state index is -0.0457. The van der Waals surface area contributed by atoms with Crippen molar-refractivity contribution in [2.24, 2.45) is 0 Å². The van der Waals surface area contributed by atoms with Crippen LogP contribution in [0.3, 0.4) is 0 Å². The number of amides is 1. The second-order valence-electron chi connectivity index (χ2n) is 7.49. The maximum atomic E-state index is 11.2. The highest BCUT2D eigenvalue weighted by atomic mass is 16.5. The predicted octanol–water partition coefficient (Wildman–Crippen LogP) is 3.83. The largest absolute Gasteiger partial charge is 0.497 e. The lowest BCUT2D eigenvalue weighted by Gasteiger charge is -2.44. The van der Waals surface area contributed by atoms with Gasteiger partial charge < -0.3 is 15.4 Å². The summed E-state index contributed by atoms with van der Waals surface area (Å²) >= 11 is 0. The topological polar surface area (TPSA) is 53.6 Å². The fraction of sp³-hybridized carbons (Fsp3) is 0.409. The Morgan fingerprint density at radius 1 is 1.11 bits per heavy atom. The summed E-state index contributed by atoms with van der Waals surface area (Å²) in [7, 11) is 1.73. The van der Waals surface area contributed by atoms with Crippen molar-refractivity contribution in [3.05, 3.63) is 53.6 Å². The van der Waals surface area contributed by atoms with E-state index in [-0.39, 0.29) is 5.91 Å². The van der Waals surface area contributed by atoms with E-state index in [0.29, 0.717) is 12.1 Å². The molecule has 0 aromatic heterocycles. The molecule has 1 saturated heterocycles. The van der Waals surface area contributed by atoms with Gasteiger partial charge in [0.15, 0.2) is 0 Å². The van der Waals surface area contributed by atoms with Gasteiger partial charge >= 0.3 is 0 Å². The molecule has 1 fully saturated rings. The third-order valence-corrected chi connectivity index (χ3v) is 5.67. The van der Waals surface area contributed by atoms with Crippen molar-refractivity contribution < 1.29 is 9.53 Å². The molecule has 27 heavy (non-hydrogen) atoms. The lowest BCUT2D eigenvalue weighted by Crippen LogP contribution is -2.44. The van der Waals surface area contributed by atoms with Gasteiger partial charge in [-0.05, 0) is 66.8 Å². The van der Waals surface area contributed by atoms with E-state index >= 15 is 0 Å². The van der Waals surface area contributed by atoms with Crippen molar-refractivity contribution in [2.75, 3.05) is 30.8 Å². The number of nitrogens with one attached hydrogen (secondary N) is 2. The fourth-order valence-electron chi connectivity index (χ4n) is 4.34. The summed E-state index contributed by atoms with van der Waals surface area (Å²) in [6, 6.07) is 15.4. The highest BCUT2D eigenvalue weighted by Crippen LogP contribution is 2.38. The molecule has 2 unspecified atom stereocenters. The first-order valence-corrected chi connectivity index (χ1v) is 9.67. The highest BCUT2D eigenvalue weighted by molar-refractivity contribution is 5.88. The molecule has 2 heterocycles. The van der Waals surface area contributed by atoms with Crippen LogP contribution in [0.1, 0.15) is 36.9 Å². The quantitative estimate of drug-likeness (QED) is 0.865. The molecular weight excluding hydrogens is 338 g/mol. The van der Waals surface area contributed by atoms with Gasteiger partial charge in [-0.25, -0.2) is 0 Å². The summed E-state index contributed by atoms with van der Waals surface area (Å²) in [6.07, 6.45) is 3.36. The normalized spacial score (nSPS) is 21.7. The molecule has 2 atom stereocenters. The number of carbonyl (C=O) groups is 1. The van der Waals surface area contributed by atoms with Gasteiger partial charge in [0.05, 0.1) is 7.11 Å². The van der Waals surface area contributed by atoms with Crippen LogP contribution in [-0.4, -0.2) is 37.0 Å². The van der Waals surface area contributed by atoms with Gasteiger partial charge in [-0.3, -0.25) is 9.69 Å². The Morgan fingerprint density at radius 3 is 2.63 bits per heavy atom. The lowest BCUT2D eigenvalue weighted by molar-refractivity contribution is -0.114. The number of hydrogen-bond donors (Lipinski definition) is 2. The summed E-state index contributed by atoms with van der Waals surface area (Å²) < 4.78 is 5.40. The molecule has 2 aliphatic heterocycles. The zero-order valence-electron chi connectivity index (χ0n) is 16.0. The van der Waals surface area contributed by atoms with E-state index in [0.717, 1.165) is 49.5 Å². The van der Waals surface area contributed by atoms with Gasteiger partial charge in [0, 0.05) is 43.5 Å². The fourth-order valence-corrected chi connectivity index (χ4v) is 4.34. The van der Waals surface area contributed by atoms with Crippen LogP contribution >= 0.6 is 0 Å². The van der Waals surface area contributed by atoms with E-state index in [4.69, 9.17) is 4.74 Å². The van der Waals surface area contributed by atoms with Crippen LogP contribution < -0.4 is 15.4 Å². The van der Waals surface area contributed by atoms with Crippen molar-refractivity contribution in [1.82, 2.24) is 4.90 Å². The summed E-state index contributed by atoms with van der Waals surface area (Å²) in [5.74, 6) is 0.905. The minimum absolute atomic E-state index is 0.0457. The summed E-state index contributed by atoms with van der Waals surface area (Å²) in [4.78, 5) is 13.8. The molecule has 142 valence electrons. The standard InChI is InChI=1S/C22H27N3O2/c1-15(26)23-17-3-5-18(6-4-17)24-19-10-12-25-11-9-16-13-20(27-2)7-8-21(16)22(25)14-19/h3-8,13,19,22,24H,9-12,14H2,1-2H3,(H,23,26). The second-order valence-corrected chi connectivity index (χ2v) is 7.49. The Bertz CT molecular complexity index is 819. The SMILES string of the molecule is COc1ccc2c(c1)CCN1CCC(Nc3ccc(NC(C)=O)cc3)CC21. The number of methoxy groups -OCH3 is 1. The maximum Gasteiger partial charge on any atom is 0.221 e. The number of rotatable bonds is 4. The molecule has 2 aliphatic rings. The van der Waals surface area contributed by atoms with Crippen molar-refractivity contribution in [3.8, 4) is 5.75 Å².